The van der Waals surface area contributed by atoms with Gasteiger partial charge in [-0.3, -0.25) is 0 Å². The van der Waals surface area contributed by atoms with E-state index in [4.69, 9.17) is 15.2 Å². The molecule has 4 heteroatoms. The molecule has 2 atom stereocenters. The Morgan fingerprint density at radius 3 is 2.30 bits per heavy atom. The van der Waals surface area contributed by atoms with Crippen molar-refractivity contribution in [3.63, 3.8) is 0 Å². The van der Waals surface area contributed by atoms with Crippen LogP contribution in [0, 0.1) is 17.8 Å². The minimum absolute atomic E-state index is 0.00455. The third-order valence-corrected chi connectivity index (χ3v) is 5.87. The second-order valence-electron chi connectivity index (χ2n) is 10.0. The second kappa shape index (κ2) is 13.9. The first-order chi connectivity index (χ1) is 14.2. The highest BCUT2D eigenvalue weighted by molar-refractivity contribution is 5.41. The fourth-order valence-corrected chi connectivity index (χ4v) is 4.10. The number of nitrogens with two attached hydrogens (primary N) is 1. The summed E-state index contributed by atoms with van der Waals surface area (Å²) in [6.07, 6.45) is 8.58. The van der Waals surface area contributed by atoms with Gasteiger partial charge in [-0.1, -0.05) is 59.9 Å². The highest BCUT2D eigenvalue weighted by Gasteiger charge is 2.25. The molecule has 2 unspecified atom stereocenters. The zero-order valence-corrected chi connectivity index (χ0v) is 20.4. The van der Waals surface area contributed by atoms with Crippen LogP contribution < -0.4 is 15.2 Å². The normalized spacial score (nSPS) is 14.7. The van der Waals surface area contributed by atoms with Crippen LogP contribution in [0.25, 0.3) is 0 Å². The zero-order chi connectivity index (χ0) is 22.6. The molecule has 0 saturated heterocycles. The van der Waals surface area contributed by atoms with Gasteiger partial charge in [0.25, 0.3) is 0 Å². The molecule has 0 bridgehead atoms. The van der Waals surface area contributed by atoms with E-state index in [1.165, 1.54) is 25.7 Å². The van der Waals surface area contributed by atoms with Crippen LogP contribution in [0.3, 0.4) is 0 Å². The summed E-state index contributed by atoms with van der Waals surface area (Å²) < 4.78 is 11.6. The summed E-state index contributed by atoms with van der Waals surface area (Å²) in [6, 6.07) is 6.06. The second-order valence-corrected chi connectivity index (χ2v) is 10.0. The molecule has 0 aliphatic rings. The minimum atomic E-state index is -0.541. The van der Waals surface area contributed by atoms with E-state index in [1.807, 2.05) is 12.1 Å². The van der Waals surface area contributed by atoms with Gasteiger partial charge in [0.05, 0.1) is 20.3 Å². The number of aryl methyl sites for hydroxylation is 1. The first-order valence-corrected chi connectivity index (χ1v) is 11.9. The van der Waals surface area contributed by atoms with Crippen LogP contribution in [0.4, 0.5) is 0 Å². The van der Waals surface area contributed by atoms with Gasteiger partial charge in [0, 0.05) is 11.6 Å². The number of benzene rings is 1. The fourth-order valence-electron chi connectivity index (χ4n) is 4.10. The molecule has 1 aromatic rings. The molecule has 0 aromatic heterocycles. The number of methoxy groups -OCH3 is 1. The van der Waals surface area contributed by atoms with Crippen LogP contribution in [0.15, 0.2) is 18.2 Å². The molecule has 1 rings (SSSR count). The average molecular weight is 422 g/mol. The highest BCUT2D eigenvalue weighted by atomic mass is 16.5. The van der Waals surface area contributed by atoms with Gasteiger partial charge in [0.15, 0.2) is 0 Å². The maximum Gasteiger partial charge on any atom is 0.125 e. The van der Waals surface area contributed by atoms with E-state index >= 15 is 0 Å². The van der Waals surface area contributed by atoms with Crippen molar-refractivity contribution in [1.29, 1.82) is 0 Å². The zero-order valence-electron chi connectivity index (χ0n) is 20.4. The summed E-state index contributed by atoms with van der Waals surface area (Å²) in [5, 5.41) is 9.74. The quantitative estimate of drug-likeness (QED) is 0.322. The molecule has 0 spiro atoms. The van der Waals surface area contributed by atoms with E-state index < -0.39 is 5.54 Å². The van der Waals surface area contributed by atoms with Crippen LogP contribution in [0.2, 0.25) is 0 Å². The molecule has 0 aliphatic carbocycles. The van der Waals surface area contributed by atoms with Crippen molar-refractivity contribution in [3.8, 4) is 11.5 Å². The van der Waals surface area contributed by atoms with Crippen molar-refractivity contribution in [2.45, 2.75) is 91.5 Å². The van der Waals surface area contributed by atoms with Gasteiger partial charge in [-0.25, -0.2) is 0 Å². The molecular formula is C26H47NO3. The lowest BCUT2D eigenvalue weighted by Gasteiger charge is -2.29. The Morgan fingerprint density at radius 2 is 1.70 bits per heavy atom. The van der Waals surface area contributed by atoms with Crippen molar-refractivity contribution < 1.29 is 14.6 Å². The Kier molecular flexibility index (Phi) is 12.4. The Balaban J connectivity index is 2.48. The van der Waals surface area contributed by atoms with Crippen LogP contribution in [-0.4, -0.2) is 31.0 Å². The third kappa shape index (κ3) is 10.7. The van der Waals surface area contributed by atoms with Gasteiger partial charge >= 0.3 is 0 Å². The van der Waals surface area contributed by atoms with Crippen molar-refractivity contribution in [2.24, 2.45) is 23.5 Å². The number of aliphatic hydroxyl groups is 1. The van der Waals surface area contributed by atoms with Crippen molar-refractivity contribution >= 4 is 0 Å². The maximum absolute atomic E-state index is 9.74. The molecule has 0 saturated carbocycles. The summed E-state index contributed by atoms with van der Waals surface area (Å²) in [7, 11) is 1.69. The highest BCUT2D eigenvalue weighted by Crippen LogP contribution is 2.29. The third-order valence-electron chi connectivity index (χ3n) is 5.87. The molecule has 0 radical (unpaired) electrons. The Morgan fingerprint density at radius 1 is 1.00 bits per heavy atom. The van der Waals surface area contributed by atoms with Crippen molar-refractivity contribution in [1.82, 2.24) is 0 Å². The molecule has 30 heavy (non-hydrogen) atoms. The number of rotatable bonds is 16. The SMILES string of the molecule is COc1cc(OCCCC(C)CCCC(C)C)ccc1CCC(N)(CO)CC(C)C. The number of hydrogen-bond donors (Lipinski definition) is 2. The predicted octanol–water partition coefficient (Wildman–Crippen LogP) is 5.99. The van der Waals surface area contributed by atoms with Crippen LogP contribution in [0.5, 0.6) is 11.5 Å². The van der Waals surface area contributed by atoms with E-state index in [9.17, 15) is 5.11 Å². The van der Waals surface area contributed by atoms with Gasteiger partial charge in [-0.15, -0.1) is 0 Å². The predicted molar refractivity (Wildman–Crippen MR) is 127 cm³/mol. The molecule has 3 N–H and O–H groups in total. The summed E-state index contributed by atoms with van der Waals surface area (Å²) in [5.41, 5.74) is 6.97. The monoisotopic (exact) mass is 421 g/mol. The van der Waals surface area contributed by atoms with Crippen LogP contribution in [-0.2, 0) is 6.42 Å². The summed E-state index contributed by atoms with van der Waals surface area (Å²) in [5.74, 6) is 3.71. The van der Waals surface area contributed by atoms with Gasteiger partial charge in [-0.05, 0) is 61.5 Å². The summed E-state index contributed by atoms with van der Waals surface area (Å²) in [6.45, 7) is 12.0. The standard InChI is InChI=1S/C26H47NO3/c1-20(2)9-7-10-22(5)11-8-16-30-24-13-12-23(25(17-24)29-6)14-15-26(27,19-28)18-21(3)4/h12-13,17,20-22,28H,7-11,14-16,18-19,27H2,1-6H3. The van der Waals surface area contributed by atoms with E-state index in [0.29, 0.717) is 5.92 Å². The van der Waals surface area contributed by atoms with Gasteiger partial charge in [-0.2, -0.15) is 0 Å². The molecule has 4 nitrogen and oxygen atoms in total. The van der Waals surface area contributed by atoms with Gasteiger partial charge in [0.2, 0.25) is 0 Å². The lowest BCUT2D eigenvalue weighted by molar-refractivity contribution is 0.165. The Bertz CT molecular complexity index is 588. The molecular weight excluding hydrogens is 374 g/mol. The van der Waals surface area contributed by atoms with Gasteiger partial charge in [0.1, 0.15) is 11.5 Å². The number of aliphatic hydroxyl groups excluding tert-OH is 1. The number of ether oxygens (including phenoxy) is 2. The molecule has 0 amide bonds. The van der Waals surface area contributed by atoms with E-state index in [2.05, 4.69) is 40.7 Å². The van der Waals surface area contributed by atoms with E-state index in [-0.39, 0.29) is 6.61 Å². The topological polar surface area (TPSA) is 64.7 Å². The van der Waals surface area contributed by atoms with E-state index in [0.717, 1.165) is 61.2 Å². The molecule has 174 valence electrons. The maximum atomic E-state index is 9.74. The Hall–Kier alpha value is -1.26. The first kappa shape index (κ1) is 26.8. The van der Waals surface area contributed by atoms with E-state index in [1.54, 1.807) is 7.11 Å². The smallest absolute Gasteiger partial charge is 0.125 e. The van der Waals surface area contributed by atoms with Crippen LogP contribution >= 0.6 is 0 Å². The van der Waals surface area contributed by atoms with Gasteiger partial charge < -0.3 is 20.3 Å². The molecule has 0 aliphatic heterocycles. The lowest BCUT2D eigenvalue weighted by Crippen LogP contribution is -2.45. The molecule has 0 heterocycles. The minimum Gasteiger partial charge on any atom is -0.496 e. The number of hydrogen-bond acceptors (Lipinski definition) is 4. The van der Waals surface area contributed by atoms with Crippen molar-refractivity contribution in [3.05, 3.63) is 23.8 Å². The summed E-state index contributed by atoms with van der Waals surface area (Å²) >= 11 is 0. The Labute approximate surface area is 185 Å². The molecule has 1 aromatic carbocycles. The average Bonchev–Trinajstić information content (AvgIpc) is 2.69. The largest absolute Gasteiger partial charge is 0.496 e. The summed E-state index contributed by atoms with van der Waals surface area (Å²) in [4.78, 5) is 0. The first-order valence-electron chi connectivity index (χ1n) is 11.9. The molecule has 0 fully saturated rings. The fraction of sp³-hybridized carbons (Fsp3) is 0.769. The van der Waals surface area contributed by atoms with Crippen molar-refractivity contribution in [2.75, 3.05) is 20.3 Å². The van der Waals surface area contributed by atoms with Crippen LogP contribution in [0.1, 0.15) is 85.1 Å². The lowest BCUT2D eigenvalue weighted by atomic mass is 9.85.